The number of amides is 1. The third-order valence-electron chi connectivity index (χ3n) is 5.77. The first-order valence-electron chi connectivity index (χ1n) is 9.74. The van der Waals surface area contributed by atoms with Crippen molar-refractivity contribution in [2.45, 2.75) is 31.7 Å². The molecule has 3 unspecified atom stereocenters. The van der Waals surface area contributed by atoms with Crippen LogP contribution < -0.4 is 4.72 Å². The second-order valence-electron chi connectivity index (χ2n) is 8.01. The highest BCUT2D eigenvalue weighted by atomic mass is 32.2. The smallest absolute Gasteiger partial charge is 0.226 e. The first-order chi connectivity index (χ1) is 13.3. The number of nitrogens with one attached hydrogen (secondary N) is 1. The molecule has 5 nitrogen and oxygen atoms in total. The zero-order valence-corrected chi connectivity index (χ0v) is 17.1. The van der Waals surface area contributed by atoms with Crippen molar-refractivity contribution in [1.82, 2.24) is 9.62 Å². The molecule has 1 N–H and O–H groups in total. The molecule has 1 aliphatic carbocycles. The molecular formula is C22H26N2O3S. The van der Waals surface area contributed by atoms with Crippen molar-refractivity contribution in [2.75, 3.05) is 19.3 Å². The van der Waals surface area contributed by atoms with E-state index in [1.165, 1.54) is 22.3 Å². The maximum Gasteiger partial charge on any atom is 0.226 e. The molecule has 2 aromatic rings. The molecule has 1 aliphatic heterocycles. The van der Waals surface area contributed by atoms with E-state index in [4.69, 9.17) is 0 Å². The van der Waals surface area contributed by atoms with Crippen molar-refractivity contribution in [3.8, 4) is 11.1 Å². The number of hydrogen-bond donors (Lipinski definition) is 1. The van der Waals surface area contributed by atoms with Gasteiger partial charge in [0, 0.05) is 25.0 Å². The monoisotopic (exact) mass is 398 g/mol. The molecule has 0 aromatic heterocycles. The van der Waals surface area contributed by atoms with Crippen molar-refractivity contribution in [3.63, 3.8) is 0 Å². The molecule has 2 fully saturated rings. The zero-order valence-electron chi connectivity index (χ0n) is 16.3. The molecule has 0 bridgehead atoms. The van der Waals surface area contributed by atoms with Crippen LogP contribution in [0.15, 0.2) is 48.5 Å². The van der Waals surface area contributed by atoms with E-state index in [9.17, 15) is 13.2 Å². The van der Waals surface area contributed by atoms with Crippen LogP contribution in [0.3, 0.4) is 0 Å². The minimum absolute atomic E-state index is 0.000505. The van der Waals surface area contributed by atoms with Gasteiger partial charge in [-0.2, -0.15) is 0 Å². The summed E-state index contributed by atoms with van der Waals surface area (Å²) in [5.74, 6) is 0.399. The molecule has 0 radical (unpaired) electrons. The molecule has 3 atom stereocenters. The lowest BCUT2D eigenvalue weighted by molar-refractivity contribution is -0.131. The largest absolute Gasteiger partial charge is 0.341 e. The Labute approximate surface area is 166 Å². The minimum atomic E-state index is -3.24. The third-order valence-corrected chi connectivity index (χ3v) is 6.53. The van der Waals surface area contributed by atoms with Gasteiger partial charge in [-0.15, -0.1) is 0 Å². The van der Waals surface area contributed by atoms with Crippen LogP contribution in [0.2, 0.25) is 0 Å². The molecule has 6 heteroatoms. The van der Waals surface area contributed by atoms with Crippen molar-refractivity contribution in [2.24, 2.45) is 5.92 Å². The minimum Gasteiger partial charge on any atom is -0.341 e. The van der Waals surface area contributed by atoms with Crippen LogP contribution in [-0.2, 0) is 14.8 Å². The highest BCUT2D eigenvalue weighted by Crippen LogP contribution is 2.52. The molecule has 1 saturated carbocycles. The average Bonchev–Trinajstić information content (AvgIpc) is 3.31. The van der Waals surface area contributed by atoms with Crippen molar-refractivity contribution >= 4 is 15.9 Å². The summed E-state index contributed by atoms with van der Waals surface area (Å²) in [6.45, 7) is 3.20. The van der Waals surface area contributed by atoms with E-state index >= 15 is 0 Å². The lowest BCUT2D eigenvalue weighted by Crippen LogP contribution is -2.38. The maximum atomic E-state index is 13.0. The Morgan fingerprint density at radius 2 is 1.86 bits per heavy atom. The molecule has 1 heterocycles. The summed E-state index contributed by atoms with van der Waals surface area (Å²) in [6, 6.07) is 16.5. The predicted molar refractivity (Wildman–Crippen MR) is 110 cm³/mol. The first-order valence-corrected chi connectivity index (χ1v) is 11.6. The quantitative estimate of drug-likeness (QED) is 0.842. The number of sulfonamides is 1. The first kappa shape index (κ1) is 19.2. The van der Waals surface area contributed by atoms with Crippen molar-refractivity contribution in [3.05, 3.63) is 59.7 Å². The number of benzene rings is 2. The van der Waals surface area contributed by atoms with E-state index in [-0.39, 0.29) is 23.8 Å². The number of likely N-dealkylation sites (tertiary alicyclic amines) is 1. The summed E-state index contributed by atoms with van der Waals surface area (Å²) in [6.07, 6.45) is 2.71. The molecule has 1 amide bonds. The molecule has 148 valence electrons. The Balaban J connectivity index is 1.50. The number of aryl methyl sites for hydroxylation is 1. The predicted octanol–water partition coefficient (Wildman–Crippen LogP) is 2.92. The summed E-state index contributed by atoms with van der Waals surface area (Å²) in [4.78, 5) is 14.8. The molecule has 4 rings (SSSR count). The number of carbonyl (C=O) groups is 1. The van der Waals surface area contributed by atoms with E-state index in [0.717, 1.165) is 12.7 Å². The van der Waals surface area contributed by atoms with Crippen molar-refractivity contribution in [1.29, 1.82) is 0 Å². The highest BCUT2D eigenvalue weighted by Gasteiger charge is 2.48. The van der Waals surface area contributed by atoms with Crippen molar-refractivity contribution < 1.29 is 13.2 Å². The van der Waals surface area contributed by atoms with Gasteiger partial charge >= 0.3 is 0 Å². The highest BCUT2D eigenvalue weighted by molar-refractivity contribution is 7.88. The van der Waals surface area contributed by atoms with E-state index in [0.29, 0.717) is 19.5 Å². The normalized spacial score (nSPS) is 24.4. The Morgan fingerprint density at radius 3 is 2.57 bits per heavy atom. The zero-order chi connectivity index (χ0) is 19.9. The van der Waals surface area contributed by atoms with Gasteiger partial charge < -0.3 is 4.90 Å². The van der Waals surface area contributed by atoms with Crippen LogP contribution in [0.4, 0.5) is 0 Å². The van der Waals surface area contributed by atoms with E-state index in [1.54, 1.807) is 0 Å². The van der Waals surface area contributed by atoms with Gasteiger partial charge in [0.1, 0.15) is 0 Å². The lowest BCUT2D eigenvalue weighted by Gasteiger charge is -2.18. The summed E-state index contributed by atoms with van der Waals surface area (Å²) in [5, 5.41) is 0. The second-order valence-corrected chi connectivity index (χ2v) is 9.79. The van der Waals surface area contributed by atoms with Crippen LogP contribution in [0.25, 0.3) is 11.1 Å². The van der Waals surface area contributed by atoms with E-state index < -0.39 is 10.0 Å². The lowest BCUT2D eigenvalue weighted by atomic mass is 9.92. The van der Waals surface area contributed by atoms with Gasteiger partial charge in [-0.1, -0.05) is 48.5 Å². The fourth-order valence-electron chi connectivity index (χ4n) is 4.42. The summed E-state index contributed by atoms with van der Waals surface area (Å²) in [5.41, 5.74) is 4.88. The van der Waals surface area contributed by atoms with Gasteiger partial charge in [0.25, 0.3) is 0 Å². The molecule has 28 heavy (non-hydrogen) atoms. The Kier molecular flexibility index (Phi) is 5.02. The summed E-state index contributed by atoms with van der Waals surface area (Å²) >= 11 is 0. The van der Waals surface area contributed by atoms with Gasteiger partial charge in [0.2, 0.25) is 15.9 Å². The van der Waals surface area contributed by atoms with Crippen LogP contribution >= 0.6 is 0 Å². The third kappa shape index (κ3) is 3.98. The van der Waals surface area contributed by atoms with Gasteiger partial charge in [-0.25, -0.2) is 13.1 Å². The SMILES string of the molecule is Cc1cccc(-c2ccccc2)c1C1CC1C(=O)N1CCC(NS(C)(=O)=O)C1. The van der Waals surface area contributed by atoms with Gasteiger partial charge in [-0.3, -0.25) is 4.79 Å². The standard InChI is InChI=1S/C22H26N2O3S/c1-15-7-6-10-18(16-8-4-3-5-9-16)21(15)19-13-20(19)22(25)24-12-11-17(14-24)23-28(2,26)27/h3-10,17,19-20,23H,11-14H2,1-2H3. The van der Waals surface area contributed by atoms with Crippen LogP contribution in [0.1, 0.15) is 29.9 Å². The van der Waals surface area contributed by atoms with Crippen LogP contribution in [0, 0.1) is 12.8 Å². The Morgan fingerprint density at radius 1 is 1.11 bits per heavy atom. The number of carbonyl (C=O) groups excluding carboxylic acids is 1. The fourth-order valence-corrected chi connectivity index (χ4v) is 5.22. The average molecular weight is 399 g/mol. The number of hydrogen-bond acceptors (Lipinski definition) is 3. The Hall–Kier alpha value is -2.18. The topological polar surface area (TPSA) is 66.5 Å². The molecular weight excluding hydrogens is 372 g/mol. The number of rotatable bonds is 5. The molecule has 1 saturated heterocycles. The molecule has 2 aliphatic rings. The fraction of sp³-hybridized carbons (Fsp3) is 0.409. The second kappa shape index (κ2) is 7.33. The van der Waals surface area contributed by atoms with E-state index in [1.807, 2.05) is 23.1 Å². The molecule has 0 spiro atoms. The van der Waals surface area contributed by atoms with Gasteiger partial charge in [0.15, 0.2) is 0 Å². The number of nitrogens with zero attached hydrogens (tertiary/aromatic N) is 1. The summed E-state index contributed by atoms with van der Waals surface area (Å²) < 4.78 is 25.5. The van der Waals surface area contributed by atoms with Gasteiger partial charge in [-0.05, 0) is 47.9 Å². The summed E-state index contributed by atoms with van der Waals surface area (Å²) in [7, 11) is -3.24. The van der Waals surface area contributed by atoms with E-state index in [2.05, 4.69) is 42.0 Å². The van der Waals surface area contributed by atoms with Crippen LogP contribution in [0.5, 0.6) is 0 Å². The molecule has 2 aromatic carbocycles. The Bertz CT molecular complexity index is 988. The van der Waals surface area contributed by atoms with Crippen LogP contribution in [-0.4, -0.2) is 44.6 Å². The van der Waals surface area contributed by atoms with Gasteiger partial charge in [0.05, 0.1) is 6.26 Å². The maximum absolute atomic E-state index is 13.0.